The first-order valence-corrected chi connectivity index (χ1v) is 6.52. The van der Waals surface area contributed by atoms with Crippen molar-refractivity contribution in [3.05, 3.63) is 0 Å². The minimum atomic E-state index is 0.286. The second-order valence-electron chi connectivity index (χ2n) is 4.95. The summed E-state index contributed by atoms with van der Waals surface area (Å²) in [5.41, 5.74) is 5.41. The van der Waals surface area contributed by atoms with Crippen molar-refractivity contribution in [1.82, 2.24) is 4.90 Å². The van der Waals surface area contributed by atoms with Crippen molar-refractivity contribution >= 4 is 5.91 Å². The molecule has 0 saturated carbocycles. The predicted octanol–water partition coefficient (Wildman–Crippen LogP) is 2.40. The van der Waals surface area contributed by atoms with E-state index in [1.54, 1.807) is 0 Å². The highest BCUT2D eigenvalue weighted by atomic mass is 16.2. The Bertz CT molecular complexity index is 181. The van der Waals surface area contributed by atoms with Gasteiger partial charge in [0.25, 0.3) is 0 Å². The van der Waals surface area contributed by atoms with E-state index in [2.05, 4.69) is 13.8 Å². The summed E-state index contributed by atoms with van der Waals surface area (Å²) in [6, 6.07) is 0. The summed E-state index contributed by atoms with van der Waals surface area (Å²) in [6.07, 6.45) is 6.15. The SMILES string of the molecule is CC(C)CCN(C)C(=O)CCCCCCN. The molecular weight excluding hydrogens is 200 g/mol. The molecule has 0 heterocycles. The van der Waals surface area contributed by atoms with Gasteiger partial charge in [-0.1, -0.05) is 26.7 Å². The van der Waals surface area contributed by atoms with Gasteiger partial charge in [-0.3, -0.25) is 4.79 Å². The lowest BCUT2D eigenvalue weighted by atomic mass is 10.1. The van der Waals surface area contributed by atoms with Crippen molar-refractivity contribution in [1.29, 1.82) is 0 Å². The van der Waals surface area contributed by atoms with E-state index in [0.717, 1.165) is 45.2 Å². The van der Waals surface area contributed by atoms with Crippen LogP contribution < -0.4 is 5.73 Å². The maximum Gasteiger partial charge on any atom is 0.222 e. The zero-order chi connectivity index (χ0) is 12.4. The monoisotopic (exact) mass is 228 g/mol. The van der Waals surface area contributed by atoms with Gasteiger partial charge >= 0.3 is 0 Å². The van der Waals surface area contributed by atoms with Crippen LogP contribution in [-0.2, 0) is 4.79 Å². The van der Waals surface area contributed by atoms with Crippen molar-refractivity contribution in [3.63, 3.8) is 0 Å². The maximum atomic E-state index is 11.7. The average molecular weight is 228 g/mol. The van der Waals surface area contributed by atoms with Crippen LogP contribution in [0.2, 0.25) is 0 Å². The number of unbranched alkanes of at least 4 members (excludes halogenated alkanes) is 3. The average Bonchev–Trinajstić information content (AvgIpc) is 2.25. The highest BCUT2D eigenvalue weighted by Gasteiger charge is 2.08. The Kier molecular flexibility index (Phi) is 9.30. The third kappa shape index (κ3) is 8.72. The van der Waals surface area contributed by atoms with Crippen LogP contribution >= 0.6 is 0 Å². The van der Waals surface area contributed by atoms with Crippen LogP contribution in [0.25, 0.3) is 0 Å². The molecule has 0 aliphatic carbocycles. The molecule has 0 aromatic heterocycles. The van der Waals surface area contributed by atoms with Gasteiger partial charge in [-0.25, -0.2) is 0 Å². The highest BCUT2D eigenvalue weighted by molar-refractivity contribution is 5.75. The summed E-state index contributed by atoms with van der Waals surface area (Å²) in [5, 5.41) is 0. The zero-order valence-corrected chi connectivity index (χ0v) is 11.2. The van der Waals surface area contributed by atoms with Crippen molar-refractivity contribution in [2.75, 3.05) is 20.1 Å². The molecule has 0 aromatic carbocycles. The first-order valence-electron chi connectivity index (χ1n) is 6.52. The lowest BCUT2D eigenvalue weighted by molar-refractivity contribution is -0.130. The topological polar surface area (TPSA) is 46.3 Å². The third-order valence-corrected chi connectivity index (χ3v) is 2.81. The van der Waals surface area contributed by atoms with E-state index in [1.807, 2.05) is 11.9 Å². The summed E-state index contributed by atoms with van der Waals surface area (Å²) in [6.45, 7) is 6.03. The van der Waals surface area contributed by atoms with Crippen LogP contribution in [0, 0.1) is 5.92 Å². The van der Waals surface area contributed by atoms with Crippen molar-refractivity contribution < 1.29 is 4.79 Å². The van der Waals surface area contributed by atoms with E-state index in [0.29, 0.717) is 12.3 Å². The van der Waals surface area contributed by atoms with Gasteiger partial charge in [0.15, 0.2) is 0 Å². The van der Waals surface area contributed by atoms with Gasteiger partial charge < -0.3 is 10.6 Å². The molecule has 0 atom stereocenters. The van der Waals surface area contributed by atoms with Gasteiger partial charge in [0, 0.05) is 20.0 Å². The molecule has 2 N–H and O–H groups in total. The molecule has 16 heavy (non-hydrogen) atoms. The zero-order valence-electron chi connectivity index (χ0n) is 11.2. The van der Waals surface area contributed by atoms with Crippen molar-refractivity contribution in [2.45, 2.75) is 52.4 Å². The number of hydrogen-bond acceptors (Lipinski definition) is 2. The van der Waals surface area contributed by atoms with E-state index in [9.17, 15) is 4.79 Å². The number of hydrogen-bond donors (Lipinski definition) is 1. The van der Waals surface area contributed by atoms with Gasteiger partial charge in [-0.2, -0.15) is 0 Å². The van der Waals surface area contributed by atoms with Crippen molar-refractivity contribution in [3.8, 4) is 0 Å². The van der Waals surface area contributed by atoms with Crippen LogP contribution in [0.4, 0.5) is 0 Å². The lowest BCUT2D eigenvalue weighted by Gasteiger charge is -2.18. The van der Waals surface area contributed by atoms with Crippen LogP contribution in [-0.4, -0.2) is 30.9 Å². The standard InChI is InChI=1S/C13H28N2O/c1-12(2)9-11-15(3)13(16)8-6-4-5-7-10-14/h12H,4-11,14H2,1-3H3. The van der Waals surface area contributed by atoms with Gasteiger partial charge in [-0.15, -0.1) is 0 Å². The van der Waals surface area contributed by atoms with E-state index in [4.69, 9.17) is 5.73 Å². The smallest absolute Gasteiger partial charge is 0.222 e. The molecular formula is C13H28N2O. The van der Waals surface area contributed by atoms with Crippen molar-refractivity contribution in [2.24, 2.45) is 11.7 Å². The number of nitrogens with two attached hydrogens (primary N) is 1. The normalized spacial score (nSPS) is 10.8. The molecule has 0 aliphatic heterocycles. The van der Waals surface area contributed by atoms with Crippen LogP contribution in [0.1, 0.15) is 52.4 Å². The predicted molar refractivity (Wildman–Crippen MR) is 69.2 cm³/mol. The Labute approximate surface area is 100 Å². The van der Waals surface area contributed by atoms with Crippen LogP contribution in [0.15, 0.2) is 0 Å². The number of carbonyl (C=O) groups excluding carboxylic acids is 1. The summed E-state index contributed by atoms with van der Waals surface area (Å²) < 4.78 is 0. The Hall–Kier alpha value is -0.570. The molecule has 0 saturated heterocycles. The molecule has 96 valence electrons. The minimum Gasteiger partial charge on any atom is -0.346 e. The molecule has 0 spiro atoms. The second-order valence-corrected chi connectivity index (χ2v) is 4.95. The largest absolute Gasteiger partial charge is 0.346 e. The molecule has 0 fully saturated rings. The van der Waals surface area contributed by atoms with E-state index >= 15 is 0 Å². The molecule has 0 rings (SSSR count). The quantitative estimate of drug-likeness (QED) is 0.616. The molecule has 0 aromatic rings. The first-order chi connectivity index (χ1) is 7.57. The number of rotatable bonds is 9. The third-order valence-electron chi connectivity index (χ3n) is 2.81. The molecule has 3 heteroatoms. The van der Waals surface area contributed by atoms with E-state index < -0.39 is 0 Å². The highest BCUT2D eigenvalue weighted by Crippen LogP contribution is 2.06. The molecule has 3 nitrogen and oxygen atoms in total. The summed E-state index contributed by atoms with van der Waals surface area (Å²) >= 11 is 0. The van der Waals surface area contributed by atoms with Gasteiger partial charge in [0.1, 0.15) is 0 Å². The first kappa shape index (κ1) is 15.4. The summed E-state index contributed by atoms with van der Waals surface area (Å²) in [7, 11) is 1.91. The number of nitrogens with zero attached hydrogens (tertiary/aromatic N) is 1. The number of amides is 1. The van der Waals surface area contributed by atoms with Crippen LogP contribution in [0.5, 0.6) is 0 Å². The van der Waals surface area contributed by atoms with E-state index in [1.165, 1.54) is 0 Å². The molecule has 0 unspecified atom stereocenters. The number of carbonyl (C=O) groups is 1. The van der Waals surface area contributed by atoms with E-state index in [-0.39, 0.29) is 5.91 Å². The fraction of sp³-hybridized carbons (Fsp3) is 0.923. The lowest BCUT2D eigenvalue weighted by Crippen LogP contribution is -2.28. The Morgan fingerprint density at radius 1 is 1.19 bits per heavy atom. The maximum absolute atomic E-state index is 11.7. The molecule has 1 amide bonds. The van der Waals surface area contributed by atoms with Gasteiger partial charge in [-0.05, 0) is 31.7 Å². The Morgan fingerprint density at radius 3 is 2.38 bits per heavy atom. The summed E-state index contributed by atoms with van der Waals surface area (Å²) in [4.78, 5) is 13.6. The molecule has 0 aliphatic rings. The van der Waals surface area contributed by atoms with Crippen LogP contribution in [0.3, 0.4) is 0 Å². The fourth-order valence-electron chi connectivity index (χ4n) is 1.54. The Balaban J connectivity index is 3.47. The molecule has 0 radical (unpaired) electrons. The second kappa shape index (κ2) is 9.64. The fourth-order valence-corrected chi connectivity index (χ4v) is 1.54. The van der Waals surface area contributed by atoms with Gasteiger partial charge in [0.05, 0.1) is 0 Å². The van der Waals surface area contributed by atoms with Gasteiger partial charge in [0.2, 0.25) is 5.91 Å². The summed E-state index contributed by atoms with van der Waals surface area (Å²) in [5.74, 6) is 0.952. The minimum absolute atomic E-state index is 0.286. The molecule has 0 bridgehead atoms. The Morgan fingerprint density at radius 2 is 1.81 bits per heavy atom.